The molecule has 16 heavy (non-hydrogen) atoms. The molecule has 0 radical (unpaired) electrons. The molecule has 1 nitrogen and oxygen atoms in total. The van der Waals surface area contributed by atoms with Gasteiger partial charge in [-0.2, -0.15) is 0 Å². The van der Waals surface area contributed by atoms with Crippen molar-refractivity contribution in [1.82, 2.24) is 5.32 Å². The molecule has 0 amide bonds. The standard InChI is InChI=1S/C14H22ClN/c1-12(15)9-14(2,3)11-16-10-13-7-5-4-6-8-13/h4-8,12,16H,9-11H2,1-3H3. The van der Waals surface area contributed by atoms with E-state index in [0.717, 1.165) is 19.5 Å². The second-order valence-electron chi connectivity index (χ2n) is 5.24. The Morgan fingerprint density at radius 1 is 1.25 bits per heavy atom. The van der Waals surface area contributed by atoms with Crippen LogP contribution in [0.25, 0.3) is 0 Å². The SMILES string of the molecule is CC(Cl)CC(C)(C)CNCc1ccccc1. The third-order valence-electron chi connectivity index (χ3n) is 2.61. The fraction of sp³-hybridized carbons (Fsp3) is 0.571. The van der Waals surface area contributed by atoms with Gasteiger partial charge in [0.05, 0.1) is 0 Å². The average molecular weight is 240 g/mol. The average Bonchev–Trinajstić information content (AvgIpc) is 2.16. The molecule has 0 aromatic heterocycles. The highest BCUT2D eigenvalue weighted by molar-refractivity contribution is 6.20. The van der Waals surface area contributed by atoms with E-state index in [1.807, 2.05) is 6.07 Å². The number of hydrogen-bond donors (Lipinski definition) is 1. The third kappa shape index (κ3) is 5.53. The summed E-state index contributed by atoms with van der Waals surface area (Å²) in [5.41, 5.74) is 1.59. The minimum Gasteiger partial charge on any atom is -0.312 e. The first-order valence-electron chi connectivity index (χ1n) is 5.88. The van der Waals surface area contributed by atoms with Gasteiger partial charge in [0.2, 0.25) is 0 Å². The molecule has 0 saturated carbocycles. The van der Waals surface area contributed by atoms with Crippen molar-refractivity contribution in [3.8, 4) is 0 Å². The highest BCUT2D eigenvalue weighted by Gasteiger charge is 2.19. The normalized spacial score (nSPS) is 13.8. The molecule has 1 atom stereocenters. The lowest BCUT2D eigenvalue weighted by Crippen LogP contribution is -2.30. The van der Waals surface area contributed by atoms with E-state index in [1.54, 1.807) is 0 Å². The van der Waals surface area contributed by atoms with Crippen LogP contribution in [0.5, 0.6) is 0 Å². The van der Waals surface area contributed by atoms with Crippen molar-refractivity contribution in [3.05, 3.63) is 35.9 Å². The molecule has 1 aromatic carbocycles. The van der Waals surface area contributed by atoms with Crippen LogP contribution >= 0.6 is 11.6 Å². The molecule has 0 aliphatic heterocycles. The van der Waals surface area contributed by atoms with Crippen LogP contribution in [0.1, 0.15) is 32.8 Å². The number of hydrogen-bond acceptors (Lipinski definition) is 1. The van der Waals surface area contributed by atoms with E-state index in [2.05, 4.69) is 50.4 Å². The van der Waals surface area contributed by atoms with Gasteiger partial charge < -0.3 is 5.32 Å². The molecular formula is C14H22ClN. The van der Waals surface area contributed by atoms with Crippen LogP contribution in [0.3, 0.4) is 0 Å². The van der Waals surface area contributed by atoms with E-state index < -0.39 is 0 Å². The van der Waals surface area contributed by atoms with E-state index in [-0.39, 0.29) is 10.8 Å². The molecule has 0 heterocycles. The second-order valence-corrected chi connectivity index (χ2v) is 5.98. The first-order valence-corrected chi connectivity index (χ1v) is 6.32. The molecule has 1 unspecified atom stereocenters. The van der Waals surface area contributed by atoms with E-state index in [1.165, 1.54) is 5.56 Å². The van der Waals surface area contributed by atoms with Gasteiger partial charge in [-0.25, -0.2) is 0 Å². The number of benzene rings is 1. The summed E-state index contributed by atoms with van der Waals surface area (Å²) in [5.74, 6) is 0. The molecule has 2 heteroatoms. The first kappa shape index (κ1) is 13.5. The number of rotatable bonds is 6. The van der Waals surface area contributed by atoms with Crippen molar-refractivity contribution in [2.24, 2.45) is 5.41 Å². The summed E-state index contributed by atoms with van der Waals surface area (Å²) in [6, 6.07) is 10.5. The van der Waals surface area contributed by atoms with E-state index >= 15 is 0 Å². The zero-order chi connectivity index (χ0) is 12.0. The summed E-state index contributed by atoms with van der Waals surface area (Å²) < 4.78 is 0. The van der Waals surface area contributed by atoms with Crippen molar-refractivity contribution in [3.63, 3.8) is 0 Å². The van der Waals surface area contributed by atoms with Crippen LogP contribution in [0.2, 0.25) is 0 Å². The van der Waals surface area contributed by atoms with Crippen molar-refractivity contribution in [2.75, 3.05) is 6.54 Å². The van der Waals surface area contributed by atoms with Crippen molar-refractivity contribution in [1.29, 1.82) is 0 Å². The summed E-state index contributed by atoms with van der Waals surface area (Å²) in [6.07, 6.45) is 1.04. The largest absolute Gasteiger partial charge is 0.312 e. The van der Waals surface area contributed by atoms with E-state index in [9.17, 15) is 0 Å². The molecule has 90 valence electrons. The first-order chi connectivity index (χ1) is 7.49. The van der Waals surface area contributed by atoms with E-state index in [4.69, 9.17) is 11.6 Å². The Hall–Kier alpha value is -0.530. The Labute approximate surface area is 104 Å². The van der Waals surface area contributed by atoms with Gasteiger partial charge in [0.1, 0.15) is 0 Å². The maximum Gasteiger partial charge on any atom is 0.0313 e. The Morgan fingerprint density at radius 3 is 2.44 bits per heavy atom. The number of nitrogens with one attached hydrogen (secondary N) is 1. The Morgan fingerprint density at radius 2 is 1.88 bits per heavy atom. The van der Waals surface area contributed by atoms with E-state index in [0.29, 0.717) is 0 Å². The highest BCUT2D eigenvalue weighted by Crippen LogP contribution is 2.23. The Kier molecular flexibility index (Phi) is 5.30. The smallest absolute Gasteiger partial charge is 0.0313 e. The van der Waals surface area contributed by atoms with Crippen molar-refractivity contribution in [2.45, 2.75) is 39.1 Å². The second kappa shape index (κ2) is 6.27. The molecule has 0 aliphatic carbocycles. The molecule has 0 spiro atoms. The summed E-state index contributed by atoms with van der Waals surface area (Å²) in [7, 11) is 0. The fourth-order valence-electron chi connectivity index (χ4n) is 1.97. The predicted molar refractivity (Wildman–Crippen MR) is 71.9 cm³/mol. The maximum absolute atomic E-state index is 6.03. The van der Waals surface area contributed by atoms with Crippen LogP contribution in [0.4, 0.5) is 0 Å². The molecule has 1 rings (SSSR count). The molecule has 0 saturated heterocycles. The highest BCUT2D eigenvalue weighted by atomic mass is 35.5. The van der Waals surface area contributed by atoms with Gasteiger partial charge >= 0.3 is 0 Å². The Bertz CT molecular complexity index is 293. The van der Waals surface area contributed by atoms with Gasteiger partial charge in [-0.15, -0.1) is 11.6 Å². The van der Waals surface area contributed by atoms with Crippen LogP contribution in [-0.4, -0.2) is 11.9 Å². The third-order valence-corrected chi connectivity index (χ3v) is 2.76. The summed E-state index contributed by atoms with van der Waals surface area (Å²) in [4.78, 5) is 0. The summed E-state index contributed by atoms with van der Waals surface area (Å²) >= 11 is 6.03. The van der Waals surface area contributed by atoms with Crippen molar-refractivity contribution < 1.29 is 0 Å². The molecule has 1 N–H and O–H groups in total. The molecule has 0 bridgehead atoms. The minimum absolute atomic E-state index is 0.244. The maximum atomic E-state index is 6.03. The van der Waals surface area contributed by atoms with Gasteiger partial charge in [-0.3, -0.25) is 0 Å². The van der Waals surface area contributed by atoms with Gasteiger partial charge in [0.25, 0.3) is 0 Å². The summed E-state index contributed by atoms with van der Waals surface area (Å²) in [6.45, 7) is 8.49. The zero-order valence-corrected chi connectivity index (χ0v) is 11.2. The van der Waals surface area contributed by atoms with Gasteiger partial charge in [0, 0.05) is 18.5 Å². The van der Waals surface area contributed by atoms with Gasteiger partial charge in [-0.1, -0.05) is 44.2 Å². The zero-order valence-electron chi connectivity index (χ0n) is 10.5. The molecule has 1 aromatic rings. The number of halogens is 1. The summed E-state index contributed by atoms with van der Waals surface area (Å²) in [5, 5.41) is 3.73. The minimum atomic E-state index is 0.244. The fourth-order valence-corrected chi connectivity index (χ4v) is 2.39. The molecule has 0 fully saturated rings. The van der Waals surface area contributed by atoms with Crippen LogP contribution in [0, 0.1) is 5.41 Å². The lowest BCUT2D eigenvalue weighted by Gasteiger charge is -2.26. The molecule has 0 aliphatic rings. The quantitative estimate of drug-likeness (QED) is 0.745. The topological polar surface area (TPSA) is 12.0 Å². The van der Waals surface area contributed by atoms with Gasteiger partial charge in [0.15, 0.2) is 0 Å². The van der Waals surface area contributed by atoms with Crippen molar-refractivity contribution >= 4 is 11.6 Å². The lowest BCUT2D eigenvalue weighted by molar-refractivity contribution is 0.313. The Balaban J connectivity index is 2.30. The number of alkyl halides is 1. The lowest BCUT2D eigenvalue weighted by atomic mass is 9.88. The van der Waals surface area contributed by atoms with Gasteiger partial charge in [-0.05, 0) is 24.3 Å². The molecular weight excluding hydrogens is 218 g/mol. The van der Waals surface area contributed by atoms with Crippen LogP contribution in [0.15, 0.2) is 30.3 Å². The monoisotopic (exact) mass is 239 g/mol. The van der Waals surface area contributed by atoms with Crippen LogP contribution < -0.4 is 5.32 Å². The van der Waals surface area contributed by atoms with Crippen LogP contribution in [-0.2, 0) is 6.54 Å². The predicted octanol–water partition coefficient (Wildman–Crippen LogP) is 3.82.